The summed E-state index contributed by atoms with van der Waals surface area (Å²) in [5.74, 6) is 0.236. The smallest absolute Gasteiger partial charge is 0.263 e. The highest BCUT2D eigenvalue weighted by Gasteiger charge is 2.13. The van der Waals surface area contributed by atoms with Crippen LogP contribution in [0.15, 0.2) is 51.2 Å². The second kappa shape index (κ2) is 6.98. The van der Waals surface area contributed by atoms with Crippen molar-refractivity contribution >= 4 is 38.3 Å². The van der Waals surface area contributed by atoms with Gasteiger partial charge >= 0.3 is 0 Å². The van der Waals surface area contributed by atoms with Crippen LogP contribution in [0.25, 0.3) is 11.3 Å². The van der Waals surface area contributed by atoms with Crippen molar-refractivity contribution in [1.29, 1.82) is 0 Å². The number of pyridine rings is 1. The van der Waals surface area contributed by atoms with E-state index in [0.29, 0.717) is 5.13 Å². The first kappa shape index (κ1) is 16.4. The molecule has 3 rings (SSSR count). The molecule has 0 aliphatic rings. The third-order valence-corrected chi connectivity index (χ3v) is 4.61. The lowest BCUT2D eigenvalue weighted by Crippen LogP contribution is -2.22. The molecule has 0 unspecified atom stereocenters. The van der Waals surface area contributed by atoms with Crippen molar-refractivity contribution in [2.24, 2.45) is 0 Å². The summed E-state index contributed by atoms with van der Waals surface area (Å²) < 4.78 is 6.02. The van der Waals surface area contributed by atoms with E-state index in [-0.39, 0.29) is 5.56 Å². The Kier molecular flexibility index (Phi) is 4.77. The summed E-state index contributed by atoms with van der Waals surface area (Å²) in [6, 6.07) is 8.66. The molecular weight excluding hydrogens is 394 g/mol. The summed E-state index contributed by atoms with van der Waals surface area (Å²) >= 11 is 4.72. The maximum atomic E-state index is 12.1. The maximum Gasteiger partial charge on any atom is 0.263 e. The van der Waals surface area contributed by atoms with Gasteiger partial charge < -0.3 is 9.72 Å². The summed E-state index contributed by atoms with van der Waals surface area (Å²) in [6.07, 6.45) is 1.47. The molecule has 0 bridgehead atoms. The molecule has 1 amide bonds. The van der Waals surface area contributed by atoms with E-state index in [2.05, 4.69) is 31.2 Å². The van der Waals surface area contributed by atoms with Gasteiger partial charge in [-0.05, 0) is 46.3 Å². The molecule has 0 spiro atoms. The van der Waals surface area contributed by atoms with Gasteiger partial charge in [0.1, 0.15) is 11.3 Å². The minimum atomic E-state index is -0.492. The van der Waals surface area contributed by atoms with Crippen molar-refractivity contribution in [3.05, 3.63) is 62.3 Å². The number of aromatic amines is 1. The SMILES string of the molecule is COc1ccc(-c2csc(NC(=O)c3ccc[nH]c3=O)n2)cc1Br. The molecule has 6 nitrogen and oxygen atoms in total. The Morgan fingerprint density at radius 1 is 1.38 bits per heavy atom. The number of nitrogens with one attached hydrogen (secondary N) is 2. The van der Waals surface area contributed by atoms with Crippen molar-refractivity contribution in [2.75, 3.05) is 12.4 Å². The number of anilines is 1. The Hall–Kier alpha value is -2.45. The Balaban J connectivity index is 1.81. The van der Waals surface area contributed by atoms with Crippen LogP contribution in [-0.2, 0) is 0 Å². The monoisotopic (exact) mass is 405 g/mol. The van der Waals surface area contributed by atoms with E-state index in [0.717, 1.165) is 21.5 Å². The summed E-state index contributed by atoms with van der Waals surface area (Å²) in [5.41, 5.74) is 1.21. The molecule has 0 aliphatic carbocycles. The van der Waals surface area contributed by atoms with E-state index in [9.17, 15) is 9.59 Å². The van der Waals surface area contributed by atoms with E-state index < -0.39 is 11.5 Å². The molecule has 0 fully saturated rings. The van der Waals surface area contributed by atoms with Crippen LogP contribution in [0.4, 0.5) is 5.13 Å². The van der Waals surface area contributed by atoms with Crippen molar-refractivity contribution < 1.29 is 9.53 Å². The fourth-order valence-electron chi connectivity index (χ4n) is 2.05. The lowest BCUT2D eigenvalue weighted by molar-refractivity contribution is 0.102. The van der Waals surface area contributed by atoms with Gasteiger partial charge in [-0.1, -0.05) is 0 Å². The topological polar surface area (TPSA) is 84.1 Å². The number of nitrogens with zero attached hydrogens (tertiary/aromatic N) is 1. The number of H-pyrrole nitrogens is 1. The fourth-order valence-corrected chi connectivity index (χ4v) is 3.31. The number of methoxy groups -OCH3 is 1. The van der Waals surface area contributed by atoms with Gasteiger partial charge in [0.15, 0.2) is 5.13 Å². The predicted octanol–water partition coefficient (Wildman–Crippen LogP) is 3.52. The summed E-state index contributed by atoms with van der Waals surface area (Å²) in [5, 5.41) is 4.89. The fraction of sp³-hybridized carbons (Fsp3) is 0.0625. The number of benzene rings is 1. The van der Waals surface area contributed by atoms with Gasteiger partial charge in [0.05, 0.1) is 17.3 Å². The van der Waals surface area contributed by atoms with E-state index in [1.807, 2.05) is 23.6 Å². The number of hydrogen-bond donors (Lipinski definition) is 2. The number of rotatable bonds is 4. The number of hydrogen-bond acceptors (Lipinski definition) is 5. The van der Waals surface area contributed by atoms with Crippen molar-refractivity contribution in [3.8, 4) is 17.0 Å². The van der Waals surface area contributed by atoms with Crippen LogP contribution in [0, 0.1) is 0 Å². The summed E-state index contributed by atoms with van der Waals surface area (Å²) in [7, 11) is 1.60. The normalized spacial score (nSPS) is 10.4. The van der Waals surface area contributed by atoms with E-state index in [4.69, 9.17) is 4.74 Å². The molecule has 8 heteroatoms. The number of halogens is 1. The third-order valence-electron chi connectivity index (χ3n) is 3.24. The van der Waals surface area contributed by atoms with Gasteiger partial charge in [-0.2, -0.15) is 0 Å². The lowest BCUT2D eigenvalue weighted by atomic mass is 10.2. The molecule has 0 aliphatic heterocycles. The highest BCUT2D eigenvalue weighted by Crippen LogP contribution is 2.32. The number of ether oxygens (including phenoxy) is 1. The van der Waals surface area contributed by atoms with Crippen LogP contribution >= 0.6 is 27.3 Å². The number of aromatic nitrogens is 2. The van der Waals surface area contributed by atoms with Crippen LogP contribution < -0.4 is 15.6 Å². The van der Waals surface area contributed by atoms with Gasteiger partial charge in [0.25, 0.3) is 11.5 Å². The van der Waals surface area contributed by atoms with Crippen LogP contribution in [0.1, 0.15) is 10.4 Å². The Bertz CT molecular complexity index is 951. The molecule has 0 saturated heterocycles. The minimum Gasteiger partial charge on any atom is -0.496 e. The molecule has 3 aromatic rings. The van der Waals surface area contributed by atoms with E-state index in [1.165, 1.54) is 23.6 Å². The zero-order valence-electron chi connectivity index (χ0n) is 12.5. The quantitative estimate of drug-likeness (QED) is 0.695. The Morgan fingerprint density at radius 3 is 2.92 bits per heavy atom. The molecule has 2 aromatic heterocycles. The summed E-state index contributed by atoms with van der Waals surface area (Å²) in [6.45, 7) is 0. The third kappa shape index (κ3) is 3.39. The molecule has 0 atom stereocenters. The zero-order chi connectivity index (χ0) is 17.1. The number of thiazole rings is 1. The molecule has 2 heterocycles. The molecule has 24 heavy (non-hydrogen) atoms. The highest BCUT2D eigenvalue weighted by molar-refractivity contribution is 9.10. The van der Waals surface area contributed by atoms with Crippen LogP contribution in [-0.4, -0.2) is 23.0 Å². The predicted molar refractivity (Wildman–Crippen MR) is 96.8 cm³/mol. The molecule has 0 saturated carbocycles. The van der Waals surface area contributed by atoms with Crippen molar-refractivity contribution in [1.82, 2.24) is 9.97 Å². The van der Waals surface area contributed by atoms with Crippen LogP contribution in [0.3, 0.4) is 0 Å². The number of carbonyl (C=O) groups is 1. The number of carbonyl (C=O) groups excluding carboxylic acids is 1. The summed E-state index contributed by atoms with van der Waals surface area (Å²) in [4.78, 5) is 30.6. The van der Waals surface area contributed by atoms with Gasteiger partial charge in [0, 0.05) is 17.1 Å². The van der Waals surface area contributed by atoms with Gasteiger partial charge in [-0.25, -0.2) is 4.98 Å². The largest absolute Gasteiger partial charge is 0.496 e. The molecule has 0 radical (unpaired) electrons. The van der Waals surface area contributed by atoms with Crippen molar-refractivity contribution in [3.63, 3.8) is 0 Å². The average Bonchev–Trinajstić information content (AvgIpc) is 3.03. The second-order valence-electron chi connectivity index (χ2n) is 4.75. The van der Waals surface area contributed by atoms with Gasteiger partial charge in [-0.3, -0.25) is 14.9 Å². The second-order valence-corrected chi connectivity index (χ2v) is 6.47. The molecule has 122 valence electrons. The standard InChI is InChI=1S/C16H12BrN3O3S/c1-23-13-5-4-9(7-11(13)17)12-8-24-16(19-12)20-15(22)10-3-2-6-18-14(10)21/h2-8H,1H3,(H,18,21)(H,19,20,22). The first-order chi connectivity index (χ1) is 11.6. The molecule has 1 aromatic carbocycles. The van der Waals surface area contributed by atoms with Gasteiger partial charge in [0.2, 0.25) is 0 Å². The Labute approximate surface area is 149 Å². The maximum absolute atomic E-state index is 12.1. The lowest BCUT2D eigenvalue weighted by Gasteiger charge is -2.04. The van der Waals surface area contributed by atoms with Crippen molar-refractivity contribution in [2.45, 2.75) is 0 Å². The molecular formula is C16H12BrN3O3S. The van der Waals surface area contributed by atoms with Crippen LogP contribution in [0.5, 0.6) is 5.75 Å². The highest BCUT2D eigenvalue weighted by atomic mass is 79.9. The molecule has 2 N–H and O–H groups in total. The van der Waals surface area contributed by atoms with Gasteiger partial charge in [-0.15, -0.1) is 11.3 Å². The minimum absolute atomic E-state index is 0.0430. The zero-order valence-corrected chi connectivity index (χ0v) is 14.9. The Morgan fingerprint density at radius 2 is 2.21 bits per heavy atom. The van der Waals surface area contributed by atoms with E-state index >= 15 is 0 Å². The average molecular weight is 406 g/mol. The first-order valence-corrected chi connectivity index (χ1v) is 8.54. The van der Waals surface area contributed by atoms with Crippen LogP contribution in [0.2, 0.25) is 0 Å². The number of amides is 1. The van der Waals surface area contributed by atoms with E-state index in [1.54, 1.807) is 13.2 Å². The first-order valence-electron chi connectivity index (χ1n) is 6.87.